The number of hydrogen-bond acceptors (Lipinski definition) is 5. The number of aromatic nitrogens is 3. The van der Waals surface area contributed by atoms with E-state index in [2.05, 4.69) is 45.5 Å². The Morgan fingerprint density at radius 3 is 2.61 bits per heavy atom. The molecule has 3 aromatic rings. The molecule has 0 aliphatic heterocycles. The molecule has 4 rings (SSSR count). The minimum atomic E-state index is -0.322. The monoisotopic (exact) mass is 483 g/mol. The SMILES string of the molecule is CC(Sc1nnc(C(C)N(C)C)n1-c1ccc(Cl)cc1)C(=O)NC1CCCc2ccccc21. The first kappa shape index (κ1) is 23.8. The van der Waals surface area contributed by atoms with Crippen molar-refractivity contribution in [1.29, 1.82) is 0 Å². The van der Waals surface area contributed by atoms with Gasteiger partial charge in [-0.3, -0.25) is 14.3 Å². The van der Waals surface area contributed by atoms with Crippen LogP contribution in [0.4, 0.5) is 0 Å². The van der Waals surface area contributed by atoms with Crippen LogP contribution >= 0.6 is 23.4 Å². The Kier molecular flexibility index (Phi) is 7.41. The number of carbonyl (C=O) groups excluding carboxylic acids is 1. The predicted molar refractivity (Wildman–Crippen MR) is 134 cm³/mol. The summed E-state index contributed by atoms with van der Waals surface area (Å²) in [5.41, 5.74) is 3.49. The van der Waals surface area contributed by atoms with Gasteiger partial charge in [0.1, 0.15) is 0 Å². The molecule has 1 aliphatic rings. The number of nitrogens with zero attached hydrogens (tertiary/aromatic N) is 4. The molecule has 1 heterocycles. The van der Waals surface area contributed by atoms with Crippen molar-refractivity contribution in [2.75, 3.05) is 14.1 Å². The van der Waals surface area contributed by atoms with Crippen LogP contribution in [0.5, 0.6) is 0 Å². The number of carbonyl (C=O) groups is 1. The second kappa shape index (κ2) is 10.3. The van der Waals surface area contributed by atoms with E-state index in [0.29, 0.717) is 10.2 Å². The molecule has 1 N–H and O–H groups in total. The fourth-order valence-electron chi connectivity index (χ4n) is 4.10. The molecule has 2 aromatic carbocycles. The minimum absolute atomic E-state index is 0.00886. The van der Waals surface area contributed by atoms with Crippen molar-refractivity contribution < 1.29 is 4.79 Å². The summed E-state index contributed by atoms with van der Waals surface area (Å²) in [6.45, 7) is 4.01. The van der Waals surface area contributed by atoms with Crippen LogP contribution in [0.25, 0.3) is 5.69 Å². The Bertz CT molecular complexity index is 1110. The van der Waals surface area contributed by atoms with Crippen LogP contribution in [-0.2, 0) is 11.2 Å². The fourth-order valence-corrected chi connectivity index (χ4v) is 5.11. The van der Waals surface area contributed by atoms with Gasteiger partial charge in [-0.1, -0.05) is 47.6 Å². The van der Waals surface area contributed by atoms with E-state index in [4.69, 9.17) is 11.6 Å². The highest BCUT2D eigenvalue weighted by Gasteiger charge is 2.27. The van der Waals surface area contributed by atoms with E-state index in [1.165, 1.54) is 22.9 Å². The second-order valence-corrected chi connectivity index (χ2v) is 10.4. The molecule has 0 bridgehead atoms. The number of nitrogens with one attached hydrogen (secondary N) is 1. The summed E-state index contributed by atoms with van der Waals surface area (Å²) in [5, 5.41) is 13.2. The fraction of sp³-hybridized carbons (Fsp3) is 0.400. The Morgan fingerprint density at radius 1 is 1.15 bits per heavy atom. The molecule has 174 valence electrons. The average Bonchev–Trinajstić information content (AvgIpc) is 3.22. The summed E-state index contributed by atoms with van der Waals surface area (Å²) in [7, 11) is 4.02. The van der Waals surface area contributed by atoms with Gasteiger partial charge in [0.15, 0.2) is 11.0 Å². The van der Waals surface area contributed by atoms with Gasteiger partial charge >= 0.3 is 0 Å². The van der Waals surface area contributed by atoms with Crippen LogP contribution in [0, 0.1) is 0 Å². The third-order valence-corrected chi connectivity index (χ3v) is 7.52. The lowest BCUT2D eigenvalue weighted by molar-refractivity contribution is -0.121. The van der Waals surface area contributed by atoms with E-state index < -0.39 is 0 Å². The van der Waals surface area contributed by atoms with Gasteiger partial charge < -0.3 is 5.32 Å². The average molecular weight is 484 g/mol. The topological polar surface area (TPSA) is 63.1 Å². The molecular formula is C25H30ClN5OS. The van der Waals surface area contributed by atoms with Crippen LogP contribution in [0.3, 0.4) is 0 Å². The van der Waals surface area contributed by atoms with Gasteiger partial charge in [0, 0.05) is 10.7 Å². The Balaban J connectivity index is 1.56. The summed E-state index contributed by atoms with van der Waals surface area (Å²) >= 11 is 7.54. The molecule has 1 aliphatic carbocycles. The standard InChI is InChI=1S/C25H30ClN5OS/c1-16(30(3)4)23-28-29-25(31(23)20-14-12-19(26)13-15-20)33-17(2)24(32)27-22-11-7-9-18-8-5-6-10-21(18)22/h5-6,8,10,12-17,22H,7,9,11H2,1-4H3,(H,27,32). The van der Waals surface area contributed by atoms with E-state index >= 15 is 0 Å². The first-order chi connectivity index (χ1) is 15.8. The summed E-state index contributed by atoms with van der Waals surface area (Å²) in [5.74, 6) is 0.827. The van der Waals surface area contributed by atoms with Gasteiger partial charge in [0.05, 0.1) is 17.3 Å². The van der Waals surface area contributed by atoms with Crippen molar-refractivity contribution in [3.8, 4) is 5.69 Å². The smallest absolute Gasteiger partial charge is 0.233 e. The van der Waals surface area contributed by atoms with Gasteiger partial charge in [-0.05, 0) is 82.6 Å². The van der Waals surface area contributed by atoms with E-state index in [-0.39, 0.29) is 23.2 Å². The number of rotatable bonds is 7. The molecule has 0 spiro atoms. The second-order valence-electron chi connectivity index (χ2n) is 8.70. The van der Waals surface area contributed by atoms with Crippen molar-refractivity contribution in [1.82, 2.24) is 25.0 Å². The van der Waals surface area contributed by atoms with Crippen molar-refractivity contribution in [3.63, 3.8) is 0 Å². The first-order valence-electron chi connectivity index (χ1n) is 11.3. The highest BCUT2D eigenvalue weighted by Crippen LogP contribution is 2.32. The Hall–Kier alpha value is -2.35. The molecule has 3 atom stereocenters. The number of hydrogen-bond donors (Lipinski definition) is 1. The molecule has 0 radical (unpaired) electrons. The summed E-state index contributed by atoms with van der Waals surface area (Å²) in [6, 6.07) is 16.1. The normalized spacial score (nSPS) is 17.5. The number of halogens is 1. The quantitative estimate of drug-likeness (QED) is 0.467. The lowest BCUT2D eigenvalue weighted by Crippen LogP contribution is -2.36. The van der Waals surface area contributed by atoms with Gasteiger partial charge in [-0.25, -0.2) is 0 Å². The third kappa shape index (κ3) is 5.26. The molecule has 33 heavy (non-hydrogen) atoms. The zero-order chi connectivity index (χ0) is 23.5. The lowest BCUT2D eigenvalue weighted by atomic mass is 9.88. The van der Waals surface area contributed by atoms with E-state index in [0.717, 1.165) is 30.8 Å². The lowest BCUT2D eigenvalue weighted by Gasteiger charge is -2.27. The van der Waals surface area contributed by atoms with Gasteiger partial charge in [0.2, 0.25) is 5.91 Å². The van der Waals surface area contributed by atoms with Crippen LogP contribution in [0.1, 0.15) is 55.7 Å². The number of thioether (sulfide) groups is 1. The Morgan fingerprint density at radius 2 is 1.88 bits per heavy atom. The molecule has 0 saturated heterocycles. The molecule has 6 nitrogen and oxygen atoms in total. The van der Waals surface area contributed by atoms with Gasteiger partial charge in [0.25, 0.3) is 0 Å². The van der Waals surface area contributed by atoms with E-state index in [1.54, 1.807) is 0 Å². The first-order valence-corrected chi connectivity index (χ1v) is 12.5. The van der Waals surface area contributed by atoms with Gasteiger partial charge in [-0.2, -0.15) is 0 Å². The van der Waals surface area contributed by atoms with Crippen molar-refractivity contribution in [3.05, 3.63) is 70.5 Å². The summed E-state index contributed by atoms with van der Waals surface area (Å²) in [4.78, 5) is 15.2. The molecule has 0 saturated carbocycles. The molecular weight excluding hydrogens is 454 g/mol. The molecule has 1 amide bonds. The summed E-state index contributed by atoms with van der Waals surface area (Å²) in [6.07, 6.45) is 3.12. The number of amides is 1. The maximum Gasteiger partial charge on any atom is 0.233 e. The summed E-state index contributed by atoms with van der Waals surface area (Å²) < 4.78 is 2.02. The van der Waals surface area contributed by atoms with Crippen molar-refractivity contribution in [2.24, 2.45) is 0 Å². The highest BCUT2D eigenvalue weighted by molar-refractivity contribution is 8.00. The van der Waals surface area contributed by atoms with E-state index in [9.17, 15) is 4.79 Å². The van der Waals surface area contributed by atoms with Crippen LogP contribution < -0.4 is 5.32 Å². The van der Waals surface area contributed by atoms with Crippen LogP contribution in [-0.4, -0.2) is 44.9 Å². The Labute approximate surface area is 204 Å². The number of benzene rings is 2. The highest BCUT2D eigenvalue weighted by atomic mass is 35.5. The predicted octanol–water partition coefficient (Wildman–Crippen LogP) is 5.22. The van der Waals surface area contributed by atoms with Crippen LogP contribution in [0.2, 0.25) is 5.02 Å². The third-order valence-electron chi connectivity index (χ3n) is 6.23. The minimum Gasteiger partial charge on any atom is -0.348 e. The van der Waals surface area contributed by atoms with Crippen molar-refractivity contribution in [2.45, 2.75) is 55.6 Å². The van der Waals surface area contributed by atoms with Crippen molar-refractivity contribution >= 4 is 29.3 Å². The molecule has 3 unspecified atom stereocenters. The van der Waals surface area contributed by atoms with Crippen LogP contribution in [0.15, 0.2) is 53.7 Å². The largest absolute Gasteiger partial charge is 0.348 e. The molecule has 0 fully saturated rings. The maximum absolute atomic E-state index is 13.2. The molecule has 8 heteroatoms. The number of aryl methyl sites for hydroxylation is 1. The van der Waals surface area contributed by atoms with E-state index in [1.807, 2.05) is 55.9 Å². The molecule has 1 aromatic heterocycles. The zero-order valence-corrected chi connectivity index (χ0v) is 21.0. The zero-order valence-electron chi connectivity index (χ0n) is 19.5. The maximum atomic E-state index is 13.2. The van der Waals surface area contributed by atoms with Gasteiger partial charge in [-0.15, -0.1) is 10.2 Å². The number of fused-ring (bicyclic) bond motifs is 1.